The summed E-state index contributed by atoms with van der Waals surface area (Å²) in [5.41, 5.74) is 0. The zero-order valence-electron chi connectivity index (χ0n) is 9.80. The number of halogens is 1. The van der Waals surface area contributed by atoms with Crippen molar-refractivity contribution < 1.29 is 9.13 Å². The van der Waals surface area contributed by atoms with Crippen LogP contribution in [-0.2, 0) is 4.74 Å². The van der Waals surface area contributed by atoms with Crippen molar-refractivity contribution in [1.29, 1.82) is 0 Å². The molecule has 1 aliphatic rings. The molecule has 0 radical (unpaired) electrons. The molecule has 1 atom stereocenters. The average Bonchev–Trinajstić information content (AvgIpc) is 2.10. The molecule has 0 N–H and O–H groups in total. The van der Waals surface area contributed by atoms with Gasteiger partial charge in [-0.25, -0.2) is 0 Å². The summed E-state index contributed by atoms with van der Waals surface area (Å²) in [6.07, 6.45) is 6.71. The highest BCUT2D eigenvalue weighted by Gasteiger charge is 2.18. The number of ether oxygens (including phenoxy) is 1. The Hall–Kier alpha value is -0.790. The van der Waals surface area contributed by atoms with Crippen LogP contribution in [0, 0.1) is 5.92 Å². The third-order valence-corrected chi connectivity index (χ3v) is 1.64. The van der Waals surface area contributed by atoms with Gasteiger partial charge in [0.2, 0.25) is 5.85 Å². The van der Waals surface area contributed by atoms with Crippen molar-refractivity contribution in [2.45, 2.75) is 46.9 Å². The van der Waals surface area contributed by atoms with Crippen LogP contribution in [0.4, 0.5) is 4.39 Å². The molecule has 0 aromatic carbocycles. The maximum absolute atomic E-state index is 13.0. The van der Waals surface area contributed by atoms with Crippen molar-refractivity contribution in [3.8, 4) is 0 Å². The van der Waals surface area contributed by atoms with Gasteiger partial charge in [0.15, 0.2) is 0 Å². The van der Waals surface area contributed by atoms with Gasteiger partial charge in [-0.2, -0.15) is 4.39 Å². The highest BCUT2D eigenvalue weighted by molar-refractivity contribution is 5.18. The topological polar surface area (TPSA) is 9.23 Å². The van der Waals surface area contributed by atoms with E-state index >= 15 is 0 Å². The van der Waals surface area contributed by atoms with E-state index in [0.717, 1.165) is 6.42 Å². The van der Waals surface area contributed by atoms with E-state index in [1.54, 1.807) is 0 Å². The first kappa shape index (κ1) is 13.2. The molecule has 0 aromatic rings. The Morgan fingerprint density at radius 3 is 2.36 bits per heavy atom. The molecule has 1 aliphatic carbocycles. The Morgan fingerprint density at radius 1 is 1.43 bits per heavy atom. The lowest BCUT2D eigenvalue weighted by Gasteiger charge is -2.20. The van der Waals surface area contributed by atoms with E-state index in [4.69, 9.17) is 4.74 Å². The number of hydrogen-bond acceptors (Lipinski definition) is 1. The molecule has 0 aromatic heterocycles. The number of hydrogen-bond donors (Lipinski definition) is 0. The van der Waals surface area contributed by atoms with Gasteiger partial charge in [-0.05, 0) is 24.5 Å². The summed E-state index contributed by atoms with van der Waals surface area (Å²) < 4.78 is 18.0. The molecular formula is C12H21FO. The zero-order chi connectivity index (χ0) is 11.2. The fraction of sp³-hybridized carbons (Fsp3) is 0.667. The van der Waals surface area contributed by atoms with Crippen LogP contribution < -0.4 is 0 Å². The molecule has 0 amide bonds. The van der Waals surface area contributed by atoms with Crippen molar-refractivity contribution >= 4 is 0 Å². The molecule has 0 saturated heterocycles. The largest absolute Gasteiger partial charge is 0.459 e. The van der Waals surface area contributed by atoms with E-state index in [1.807, 2.05) is 32.1 Å². The lowest BCUT2D eigenvalue weighted by molar-refractivity contribution is -0.0749. The lowest BCUT2D eigenvalue weighted by Crippen LogP contribution is -2.17. The maximum Gasteiger partial charge on any atom is 0.242 e. The molecule has 1 rings (SSSR count). The second-order valence-corrected chi connectivity index (χ2v) is 3.64. The van der Waals surface area contributed by atoms with Gasteiger partial charge in [0.1, 0.15) is 5.76 Å². The number of rotatable bonds is 2. The molecule has 0 bridgehead atoms. The summed E-state index contributed by atoms with van der Waals surface area (Å²) in [6.45, 7) is 8.92. The molecule has 0 aliphatic heterocycles. The van der Waals surface area contributed by atoms with Gasteiger partial charge in [-0.1, -0.05) is 26.8 Å². The highest BCUT2D eigenvalue weighted by atomic mass is 19.2. The molecule has 1 unspecified atom stereocenters. The monoisotopic (exact) mass is 200 g/mol. The predicted molar refractivity (Wildman–Crippen MR) is 58.6 cm³/mol. The van der Waals surface area contributed by atoms with Crippen molar-refractivity contribution in [3.05, 3.63) is 24.0 Å². The van der Waals surface area contributed by atoms with Crippen molar-refractivity contribution in [1.82, 2.24) is 0 Å². The molecule has 0 fully saturated rings. The number of allylic oxidation sites excluding steroid dienone is 3. The van der Waals surface area contributed by atoms with Crippen LogP contribution >= 0.6 is 0 Å². The molecular weight excluding hydrogens is 179 g/mol. The standard InChI is InChI=1S/C10H15FO.C2H6/c1-8-4-6-9(7-5-8)12-10(2,3)11;1-2/h4,6-8H,5H2,1-3H3;1-2H3. The Morgan fingerprint density at radius 2 is 2.00 bits per heavy atom. The van der Waals surface area contributed by atoms with Crippen molar-refractivity contribution in [3.63, 3.8) is 0 Å². The first-order valence-electron chi connectivity index (χ1n) is 5.24. The fourth-order valence-electron chi connectivity index (χ4n) is 1.06. The summed E-state index contributed by atoms with van der Waals surface area (Å²) in [5, 5.41) is 0. The van der Waals surface area contributed by atoms with Crippen molar-refractivity contribution in [2.24, 2.45) is 5.92 Å². The number of alkyl halides is 1. The van der Waals surface area contributed by atoms with Gasteiger partial charge in [0, 0.05) is 13.8 Å². The summed E-state index contributed by atoms with van der Waals surface area (Å²) in [6, 6.07) is 0. The van der Waals surface area contributed by atoms with E-state index in [-0.39, 0.29) is 0 Å². The van der Waals surface area contributed by atoms with Gasteiger partial charge in [0.05, 0.1) is 0 Å². The minimum atomic E-state index is -1.57. The van der Waals surface area contributed by atoms with E-state index < -0.39 is 5.85 Å². The Bertz CT molecular complexity index is 211. The predicted octanol–water partition coefficient (Wildman–Crippen LogP) is 4.21. The van der Waals surface area contributed by atoms with Crippen LogP contribution in [0.2, 0.25) is 0 Å². The molecule has 1 nitrogen and oxygen atoms in total. The minimum Gasteiger partial charge on any atom is -0.459 e. The van der Waals surface area contributed by atoms with E-state index in [9.17, 15) is 4.39 Å². The quantitative estimate of drug-likeness (QED) is 0.648. The van der Waals surface area contributed by atoms with Crippen LogP contribution in [0.25, 0.3) is 0 Å². The van der Waals surface area contributed by atoms with E-state index in [2.05, 4.69) is 6.92 Å². The summed E-state index contributed by atoms with van der Waals surface area (Å²) >= 11 is 0. The molecule has 82 valence electrons. The summed E-state index contributed by atoms with van der Waals surface area (Å²) in [5.74, 6) is -0.391. The molecule has 0 spiro atoms. The maximum atomic E-state index is 13.0. The van der Waals surface area contributed by atoms with Crippen molar-refractivity contribution in [2.75, 3.05) is 0 Å². The van der Waals surface area contributed by atoms with E-state index in [0.29, 0.717) is 11.7 Å². The Labute approximate surface area is 86.7 Å². The highest BCUT2D eigenvalue weighted by Crippen LogP contribution is 2.22. The fourth-order valence-corrected chi connectivity index (χ4v) is 1.06. The molecule has 2 heteroatoms. The second-order valence-electron chi connectivity index (χ2n) is 3.64. The van der Waals surface area contributed by atoms with Gasteiger partial charge < -0.3 is 4.74 Å². The normalized spacial score (nSPS) is 20.7. The first-order valence-corrected chi connectivity index (χ1v) is 5.24. The summed E-state index contributed by atoms with van der Waals surface area (Å²) in [7, 11) is 0. The zero-order valence-corrected chi connectivity index (χ0v) is 9.80. The minimum absolute atomic E-state index is 0.542. The van der Waals surface area contributed by atoms with Gasteiger partial charge >= 0.3 is 0 Å². The lowest BCUT2D eigenvalue weighted by atomic mass is 10.0. The Balaban J connectivity index is 0.000000791. The van der Waals surface area contributed by atoms with E-state index in [1.165, 1.54) is 13.8 Å². The van der Waals surface area contributed by atoms with Crippen LogP contribution in [0.5, 0.6) is 0 Å². The molecule has 0 saturated carbocycles. The third kappa shape index (κ3) is 5.79. The average molecular weight is 200 g/mol. The SMILES string of the molecule is CC.CC1C=CC(OC(C)(C)F)=CC1. The van der Waals surface area contributed by atoms with Gasteiger partial charge in [-0.3, -0.25) is 0 Å². The second kappa shape index (κ2) is 5.84. The van der Waals surface area contributed by atoms with Crippen LogP contribution in [0.15, 0.2) is 24.0 Å². The van der Waals surface area contributed by atoms with Gasteiger partial charge in [0.25, 0.3) is 0 Å². The molecule has 14 heavy (non-hydrogen) atoms. The van der Waals surface area contributed by atoms with Crippen LogP contribution in [0.3, 0.4) is 0 Å². The third-order valence-electron chi connectivity index (χ3n) is 1.64. The first-order chi connectivity index (χ1) is 6.47. The van der Waals surface area contributed by atoms with Crippen LogP contribution in [-0.4, -0.2) is 5.85 Å². The van der Waals surface area contributed by atoms with Gasteiger partial charge in [-0.15, -0.1) is 0 Å². The van der Waals surface area contributed by atoms with Crippen LogP contribution in [0.1, 0.15) is 41.0 Å². The smallest absolute Gasteiger partial charge is 0.242 e. The Kier molecular flexibility index (Phi) is 5.51. The summed E-state index contributed by atoms with van der Waals surface area (Å²) in [4.78, 5) is 0. The molecule has 0 heterocycles.